The van der Waals surface area contributed by atoms with Crippen molar-refractivity contribution >= 4 is 45.8 Å². The van der Waals surface area contributed by atoms with Crippen molar-refractivity contribution in [1.82, 2.24) is 5.01 Å². The normalized spacial score (nSPS) is 16.1. The lowest BCUT2D eigenvalue weighted by atomic mass is 10.1. The van der Waals surface area contributed by atoms with Gasteiger partial charge < -0.3 is 14.2 Å². The van der Waals surface area contributed by atoms with Crippen LogP contribution < -0.4 is 14.2 Å². The second-order valence-electron chi connectivity index (χ2n) is 7.52. The minimum atomic E-state index is -0.561. The molecule has 1 N–H and O–H groups in total. The van der Waals surface area contributed by atoms with E-state index in [9.17, 15) is 9.59 Å². The first kappa shape index (κ1) is 24.2. The fourth-order valence-electron chi connectivity index (χ4n) is 3.39. The van der Waals surface area contributed by atoms with Gasteiger partial charge in [0.15, 0.2) is 17.3 Å². The van der Waals surface area contributed by atoms with Gasteiger partial charge in [-0.05, 0) is 73.5 Å². The Bertz CT molecular complexity index is 1280. The number of rotatable bonds is 8. The van der Waals surface area contributed by atoms with Crippen molar-refractivity contribution in [3.8, 4) is 17.2 Å². The topological polar surface area (TPSA) is 114 Å². The predicted octanol–water partition coefficient (Wildman–Crippen LogP) is 4.73. The van der Waals surface area contributed by atoms with E-state index < -0.39 is 11.9 Å². The lowest BCUT2D eigenvalue weighted by molar-refractivity contribution is -0.114. The average Bonchev–Trinajstić information content (AvgIpc) is 3.26. The van der Waals surface area contributed by atoms with Crippen LogP contribution in [-0.2, 0) is 4.79 Å². The predicted molar refractivity (Wildman–Crippen MR) is 135 cm³/mol. The van der Waals surface area contributed by atoms with Crippen LogP contribution in [-0.4, -0.2) is 46.6 Å². The Morgan fingerprint density at radius 2 is 2.00 bits per heavy atom. The molecular formula is C25H24N4O5S. The van der Waals surface area contributed by atoms with Crippen LogP contribution in [0.25, 0.3) is 6.08 Å². The molecule has 0 bridgehead atoms. The maximum Gasteiger partial charge on any atom is 0.343 e. The molecule has 9 nitrogen and oxygen atoms in total. The summed E-state index contributed by atoms with van der Waals surface area (Å²) < 4.78 is 16.4. The maximum absolute atomic E-state index is 12.7. The Morgan fingerprint density at radius 3 is 2.74 bits per heavy atom. The molecule has 0 spiro atoms. The van der Waals surface area contributed by atoms with Crippen LogP contribution in [0.3, 0.4) is 0 Å². The lowest BCUT2D eigenvalue weighted by Crippen LogP contribution is -2.35. The molecule has 2 aromatic carbocycles. The van der Waals surface area contributed by atoms with Crippen LogP contribution in [0.1, 0.15) is 42.6 Å². The molecule has 2 aromatic rings. The summed E-state index contributed by atoms with van der Waals surface area (Å²) in [6.07, 6.45) is 3.22. The summed E-state index contributed by atoms with van der Waals surface area (Å²) in [5.74, 6) is 0.000944. The molecule has 0 unspecified atom stereocenters. The molecule has 35 heavy (non-hydrogen) atoms. The number of aliphatic imine (C=N–C) groups is 1. The summed E-state index contributed by atoms with van der Waals surface area (Å²) in [6.45, 7) is 4.19. The second-order valence-corrected chi connectivity index (χ2v) is 8.56. The molecule has 0 fully saturated rings. The van der Waals surface area contributed by atoms with E-state index in [0.717, 1.165) is 17.9 Å². The van der Waals surface area contributed by atoms with Crippen molar-refractivity contribution in [2.75, 3.05) is 13.7 Å². The molecule has 0 saturated heterocycles. The van der Waals surface area contributed by atoms with E-state index in [1.165, 1.54) is 23.9 Å². The van der Waals surface area contributed by atoms with Crippen LogP contribution in [0.2, 0.25) is 0 Å². The number of nitrogens with zero attached hydrogens (tertiary/aromatic N) is 3. The van der Waals surface area contributed by atoms with Crippen molar-refractivity contribution in [2.45, 2.75) is 26.7 Å². The van der Waals surface area contributed by atoms with Gasteiger partial charge in [-0.1, -0.05) is 19.1 Å². The molecule has 180 valence electrons. The van der Waals surface area contributed by atoms with Crippen molar-refractivity contribution in [1.29, 1.82) is 5.41 Å². The first-order valence-electron chi connectivity index (χ1n) is 11.1. The molecule has 0 aliphatic carbocycles. The largest absolute Gasteiger partial charge is 0.497 e. The standard InChI is InChI=1S/C25H24N4O5S/c1-4-7-21-28-29-22(26)18(23(30)27-25(29)35-21)12-15-10-11-19(20(13-15)33-5-2)34-24(31)16-8-6-9-17(14-16)32-3/h6,8-14,26H,4-5,7H2,1-3H3. The van der Waals surface area contributed by atoms with Crippen LogP contribution in [0.15, 0.2) is 58.1 Å². The van der Waals surface area contributed by atoms with Crippen LogP contribution >= 0.6 is 11.8 Å². The number of hydrogen-bond donors (Lipinski definition) is 1. The number of amidine groups is 2. The van der Waals surface area contributed by atoms with Gasteiger partial charge in [0, 0.05) is 0 Å². The molecule has 4 rings (SSSR count). The fourth-order valence-corrected chi connectivity index (χ4v) is 4.38. The summed E-state index contributed by atoms with van der Waals surface area (Å²) in [7, 11) is 1.52. The Morgan fingerprint density at radius 1 is 1.17 bits per heavy atom. The number of thioether (sulfide) groups is 1. The first-order valence-corrected chi connectivity index (χ1v) is 11.9. The number of esters is 1. The van der Waals surface area contributed by atoms with Crippen molar-refractivity contribution < 1.29 is 23.8 Å². The highest BCUT2D eigenvalue weighted by atomic mass is 32.2. The third kappa shape index (κ3) is 5.27. The van der Waals surface area contributed by atoms with E-state index in [1.807, 2.05) is 13.8 Å². The Kier molecular flexibility index (Phi) is 7.31. The highest BCUT2D eigenvalue weighted by Gasteiger charge is 2.35. The molecule has 0 radical (unpaired) electrons. The Balaban J connectivity index is 1.59. The molecule has 2 aliphatic heterocycles. The molecular weight excluding hydrogens is 468 g/mol. The minimum Gasteiger partial charge on any atom is -0.497 e. The average molecular weight is 493 g/mol. The van der Waals surface area contributed by atoms with Gasteiger partial charge in [0.05, 0.1) is 24.9 Å². The second kappa shape index (κ2) is 10.6. The number of carbonyl (C=O) groups is 2. The van der Waals surface area contributed by atoms with Crippen LogP contribution in [0.5, 0.6) is 17.2 Å². The Labute approximate surface area is 207 Å². The van der Waals surface area contributed by atoms with Gasteiger partial charge in [0.25, 0.3) is 5.91 Å². The molecule has 2 heterocycles. The van der Waals surface area contributed by atoms with E-state index in [1.54, 1.807) is 48.5 Å². The van der Waals surface area contributed by atoms with E-state index in [0.29, 0.717) is 34.4 Å². The maximum atomic E-state index is 12.7. The minimum absolute atomic E-state index is 0.0370. The summed E-state index contributed by atoms with van der Waals surface area (Å²) in [5, 5.41) is 15.5. The molecule has 10 heteroatoms. The van der Waals surface area contributed by atoms with Crippen molar-refractivity contribution in [3.05, 3.63) is 59.2 Å². The number of nitrogens with one attached hydrogen (secondary N) is 1. The molecule has 0 saturated carbocycles. The lowest BCUT2D eigenvalue weighted by Gasteiger charge is -2.20. The van der Waals surface area contributed by atoms with E-state index in [4.69, 9.17) is 19.6 Å². The number of ether oxygens (including phenoxy) is 3. The molecule has 1 amide bonds. The van der Waals surface area contributed by atoms with Gasteiger partial charge >= 0.3 is 5.97 Å². The quantitative estimate of drug-likeness (QED) is 0.322. The van der Waals surface area contributed by atoms with Gasteiger partial charge in [-0.3, -0.25) is 10.2 Å². The zero-order valence-electron chi connectivity index (χ0n) is 19.5. The van der Waals surface area contributed by atoms with E-state index in [-0.39, 0.29) is 17.2 Å². The van der Waals surface area contributed by atoms with Crippen molar-refractivity contribution in [2.24, 2.45) is 10.1 Å². The Hall–Kier alpha value is -3.92. The van der Waals surface area contributed by atoms with Crippen molar-refractivity contribution in [3.63, 3.8) is 0 Å². The van der Waals surface area contributed by atoms with Gasteiger partial charge in [-0.2, -0.15) is 15.1 Å². The number of amides is 1. The number of carbonyl (C=O) groups excluding carboxylic acids is 2. The van der Waals surface area contributed by atoms with E-state index in [2.05, 4.69) is 10.1 Å². The highest BCUT2D eigenvalue weighted by molar-refractivity contribution is 8.26. The number of fused-ring (bicyclic) bond motifs is 1. The van der Waals surface area contributed by atoms with Gasteiger partial charge in [-0.15, -0.1) is 0 Å². The molecule has 2 aliphatic rings. The highest BCUT2D eigenvalue weighted by Crippen LogP contribution is 2.33. The van der Waals surface area contributed by atoms with Crippen LogP contribution in [0.4, 0.5) is 0 Å². The zero-order valence-corrected chi connectivity index (χ0v) is 20.3. The first-order chi connectivity index (χ1) is 16.9. The third-order valence-corrected chi connectivity index (χ3v) is 6.02. The SMILES string of the molecule is CCCC1=NN2C(=N)C(=Cc3ccc(OC(=O)c4cccc(OC)c4)c(OCC)c3)C(=O)N=C2S1. The third-order valence-electron chi connectivity index (χ3n) is 5.05. The molecule has 0 atom stereocenters. The summed E-state index contributed by atoms with van der Waals surface area (Å²) >= 11 is 1.31. The summed E-state index contributed by atoms with van der Waals surface area (Å²) in [6, 6.07) is 11.6. The van der Waals surface area contributed by atoms with Gasteiger partial charge in [0.1, 0.15) is 10.8 Å². The van der Waals surface area contributed by atoms with Gasteiger partial charge in [-0.25, -0.2) is 4.79 Å². The van der Waals surface area contributed by atoms with Crippen LogP contribution in [0, 0.1) is 5.41 Å². The number of benzene rings is 2. The zero-order chi connectivity index (χ0) is 24.9. The van der Waals surface area contributed by atoms with E-state index >= 15 is 0 Å². The smallest absolute Gasteiger partial charge is 0.343 e. The van der Waals surface area contributed by atoms with Gasteiger partial charge in [0.2, 0.25) is 5.17 Å². The summed E-state index contributed by atoms with van der Waals surface area (Å²) in [5.41, 5.74) is 1.03. The number of hydrogen-bond acceptors (Lipinski definition) is 8. The fraction of sp³-hybridized carbons (Fsp3) is 0.240. The summed E-state index contributed by atoms with van der Waals surface area (Å²) in [4.78, 5) is 29.4. The number of hydrazone groups is 1. The number of methoxy groups -OCH3 is 1. The monoisotopic (exact) mass is 492 g/mol. The molecule has 0 aromatic heterocycles.